The van der Waals surface area contributed by atoms with Crippen molar-refractivity contribution in [1.82, 2.24) is 14.9 Å². The number of hydrogen-bond donors (Lipinski definition) is 5. The van der Waals surface area contributed by atoms with Crippen molar-refractivity contribution in [3.05, 3.63) is 50.8 Å². The molecule has 200 valence electrons. The number of carbonyl (C=O) groups is 1. The Hall–Kier alpha value is -3.55. The monoisotopic (exact) mass is 525 g/mol. The van der Waals surface area contributed by atoms with Crippen LogP contribution in [0.15, 0.2) is 23.0 Å². The molecule has 1 atom stereocenters. The Labute approximate surface area is 216 Å². The van der Waals surface area contributed by atoms with Gasteiger partial charge in [-0.05, 0) is 24.1 Å². The van der Waals surface area contributed by atoms with Crippen LogP contribution >= 0.6 is 0 Å². The van der Waals surface area contributed by atoms with Crippen molar-refractivity contribution in [3.8, 4) is 22.9 Å². The van der Waals surface area contributed by atoms with Gasteiger partial charge < -0.3 is 44.5 Å². The minimum absolute atomic E-state index is 0.0317. The largest absolute Gasteiger partial charge is 0.458 e. The zero-order valence-corrected chi connectivity index (χ0v) is 20.6. The first-order valence-electron chi connectivity index (χ1n) is 12.3. The summed E-state index contributed by atoms with van der Waals surface area (Å²) >= 11 is 0. The quantitative estimate of drug-likeness (QED) is 0.199. The van der Waals surface area contributed by atoms with Gasteiger partial charge in [0.15, 0.2) is 17.1 Å². The van der Waals surface area contributed by atoms with Gasteiger partial charge in [0, 0.05) is 29.1 Å². The van der Waals surface area contributed by atoms with Crippen LogP contribution in [0.2, 0.25) is 0 Å². The Bertz CT molecular complexity index is 1540. The third-order valence-electron chi connectivity index (χ3n) is 7.85. The number of nitrogens with one attached hydrogen (secondary N) is 1. The summed E-state index contributed by atoms with van der Waals surface area (Å²) in [5.41, 5.74) is -0.310. The number of aromatic nitrogens is 2. The number of fused-ring (bicyclic) bond motifs is 6. The van der Waals surface area contributed by atoms with Crippen LogP contribution in [0.5, 0.6) is 11.5 Å². The average Bonchev–Trinajstić information content (AvgIpc) is 3.55. The smallest absolute Gasteiger partial charge is 0.343 e. The molecule has 0 aliphatic carbocycles. The fraction of sp³-hybridized carbons (Fsp3) is 0.423. The summed E-state index contributed by atoms with van der Waals surface area (Å²) in [7, 11) is 0. The van der Waals surface area contributed by atoms with Gasteiger partial charge in [0.2, 0.25) is 6.79 Å². The maximum atomic E-state index is 13.6. The molecule has 0 saturated carbocycles. The Morgan fingerprint density at radius 3 is 2.45 bits per heavy atom. The molecule has 12 nitrogen and oxygen atoms in total. The van der Waals surface area contributed by atoms with Gasteiger partial charge in [-0.3, -0.25) is 4.79 Å². The minimum Gasteiger partial charge on any atom is -0.458 e. The zero-order chi connectivity index (χ0) is 26.8. The molecule has 3 aliphatic heterocycles. The highest BCUT2D eigenvalue weighted by molar-refractivity contribution is 5.91. The third kappa shape index (κ3) is 3.38. The van der Waals surface area contributed by atoms with E-state index in [-0.39, 0.29) is 49.6 Å². The van der Waals surface area contributed by atoms with Crippen LogP contribution in [-0.2, 0) is 34.8 Å². The van der Waals surface area contributed by atoms with E-state index in [1.165, 1.54) is 4.57 Å². The molecule has 1 aromatic carbocycles. The van der Waals surface area contributed by atoms with Crippen LogP contribution < -0.4 is 20.3 Å². The average molecular weight is 526 g/mol. The summed E-state index contributed by atoms with van der Waals surface area (Å²) in [4.78, 5) is 30.9. The number of cyclic esters (lactones) is 1. The first-order chi connectivity index (χ1) is 18.3. The Balaban J connectivity index is 1.57. The lowest BCUT2D eigenvalue weighted by Crippen LogP contribution is -2.54. The lowest BCUT2D eigenvalue weighted by molar-refractivity contribution is -0.172. The molecule has 0 spiro atoms. The first-order valence-corrected chi connectivity index (χ1v) is 12.3. The van der Waals surface area contributed by atoms with Crippen LogP contribution in [0, 0.1) is 0 Å². The molecule has 0 saturated heterocycles. The molecule has 3 aromatic rings. The fourth-order valence-electron chi connectivity index (χ4n) is 5.35. The van der Waals surface area contributed by atoms with E-state index in [0.717, 1.165) is 5.56 Å². The molecule has 0 unspecified atom stereocenters. The summed E-state index contributed by atoms with van der Waals surface area (Å²) in [5, 5.41) is 44.4. The van der Waals surface area contributed by atoms with E-state index >= 15 is 0 Å². The van der Waals surface area contributed by atoms with Crippen LogP contribution in [0.3, 0.4) is 0 Å². The molecule has 12 heteroatoms. The minimum atomic E-state index is -1.94. The molecule has 0 bridgehead atoms. The summed E-state index contributed by atoms with van der Waals surface area (Å²) in [6.07, 6.45) is 0.0317. The first kappa shape index (κ1) is 24.8. The molecule has 5 N–H and O–H groups in total. The highest BCUT2D eigenvalue weighted by Crippen LogP contribution is 2.43. The molecule has 0 amide bonds. The number of esters is 1. The summed E-state index contributed by atoms with van der Waals surface area (Å²) < 4.78 is 17.8. The van der Waals surface area contributed by atoms with Crippen molar-refractivity contribution >= 4 is 16.9 Å². The van der Waals surface area contributed by atoms with Crippen molar-refractivity contribution in [2.75, 3.05) is 26.6 Å². The number of aliphatic hydroxyl groups is 4. The summed E-state index contributed by atoms with van der Waals surface area (Å²) in [6.45, 7) is 0.234. The standard InChI is InChI=1S/C26H27N3O9/c1-2-26(35)17-4-19-22-15(7-29(19)23(33)16(17)8-36-24(26)34)14(6-27-25(9-30,10-31)11-32)13-3-20-21(38-12-37-20)5-18(13)28-22/h3-5,27,30-32,35H,2,6-12H2,1H3/t26-/m0/s1. The number of carbonyl (C=O) groups excluding carboxylic acids is 1. The lowest BCUT2D eigenvalue weighted by Gasteiger charge is -2.31. The van der Waals surface area contributed by atoms with Crippen LogP contribution in [0.25, 0.3) is 22.3 Å². The Morgan fingerprint density at radius 2 is 1.76 bits per heavy atom. The maximum absolute atomic E-state index is 13.6. The maximum Gasteiger partial charge on any atom is 0.343 e. The lowest BCUT2D eigenvalue weighted by atomic mass is 9.86. The molecule has 5 heterocycles. The number of rotatable bonds is 7. The van der Waals surface area contributed by atoms with Gasteiger partial charge in [0.1, 0.15) is 6.61 Å². The summed E-state index contributed by atoms with van der Waals surface area (Å²) in [5.74, 6) is 0.251. The fourth-order valence-corrected chi connectivity index (χ4v) is 5.35. The van der Waals surface area contributed by atoms with Crippen molar-refractivity contribution in [1.29, 1.82) is 0 Å². The van der Waals surface area contributed by atoms with Gasteiger partial charge in [-0.1, -0.05) is 6.92 Å². The van der Waals surface area contributed by atoms with Gasteiger partial charge in [0.25, 0.3) is 5.56 Å². The Morgan fingerprint density at radius 1 is 1.05 bits per heavy atom. The second-order valence-electron chi connectivity index (χ2n) is 9.85. The van der Waals surface area contributed by atoms with Crippen molar-refractivity contribution in [3.63, 3.8) is 0 Å². The molecule has 0 radical (unpaired) electrons. The van der Waals surface area contributed by atoms with E-state index in [1.54, 1.807) is 25.1 Å². The van der Waals surface area contributed by atoms with Gasteiger partial charge >= 0.3 is 5.97 Å². The number of nitrogens with zero attached hydrogens (tertiary/aromatic N) is 2. The van der Waals surface area contributed by atoms with Crippen molar-refractivity contribution in [2.45, 2.75) is 44.2 Å². The highest BCUT2D eigenvalue weighted by Gasteiger charge is 2.45. The molecule has 6 rings (SSSR count). The van der Waals surface area contributed by atoms with Crippen LogP contribution in [-0.4, -0.2) is 68.1 Å². The number of pyridine rings is 2. The van der Waals surface area contributed by atoms with E-state index in [2.05, 4.69) is 5.32 Å². The molecular formula is C26H27N3O9. The van der Waals surface area contributed by atoms with E-state index in [4.69, 9.17) is 19.2 Å². The molecule has 2 aromatic heterocycles. The topological polar surface area (TPSA) is 173 Å². The van der Waals surface area contributed by atoms with Crippen molar-refractivity contribution < 1.29 is 39.4 Å². The SMILES string of the molecule is CC[C@@]1(O)C(=O)OCc2c1cc1n(c2=O)Cc2c-1nc1cc3c(cc1c2CNC(CO)(CO)CO)OCO3. The van der Waals surface area contributed by atoms with E-state index in [1.807, 2.05) is 0 Å². The molecule has 38 heavy (non-hydrogen) atoms. The van der Waals surface area contributed by atoms with Crippen LogP contribution in [0.1, 0.15) is 35.6 Å². The van der Waals surface area contributed by atoms with Gasteiger partial charge in [-0.2, -0.15) is 0 Å². The van der Waals surface area contributed by atoms with Crippen molar-refractivity contribution in [2.24, 2.45) is 0 Å². The number of hydrogen-bond acceptors (Lipinski definition) is 11. The molecular weight excluding hydrogens is 498 g/mol. The molecule has 0 fully saturated rings. The third-order valence-corrected chi connectivity index (χ3v) is 7.85. The number of benzene rings is 1. The summed E-state index contributed by atoms with van der Waals surface area (Å²) in [6, 6.07) is 5.16. The van der Waals surface area contributed by atoms with Gasteiger partial charge in [0.05, 0.1) is 54.4 Å². The second kappa shape index (κ2) is 8.75. The van der Waals surface area contributed by atoms with E-state index in [9.17, 15) is 30.0 Å². The number of ether oxygens (including phenoxy) is 3. The zero-order valence-electron chi connectivity index (χ0n) is 20.6. The molecule has 3 aliphatic rings. The Kier molecular flexibility index (Phi) is 5.70. The van der Waals surface area contributed by atoms with Gasteiger partial charge in [-0.15, -0.1) is 0 Å². The van der Waals surface area contributed by atoms with E-state index in [0.29, 0.717) is 39.4 Å². The van der Waals surface area contributed by atoms with Crippen LogP contribution in [0.4, 0.5) is 0 Å². The van der Waals surface area contributed by atoms with Gasteiger partial charge in [-0.25, -0.2) is 9.78 Å². The van der Waals surface area contributed by atoms with E-state index < -0.39 is 36.9 Å². The second-order valence-corrected chi connectivity index (χ2v) is 9.85. The highest BCUT2D eigenvalue weighted by atomic mass is 16.7. The predicted octanol–water partition coefficient (Wildman–Crippen LogP) is -0.386. The normalized spacial score (nSPS) is 19.3. The predicted molar refractivity (Wildman–Crippen MR) is 131 cm³/mol. The number of aliphatic hydroxyl groups excluding tert-OH is 3.